The number of H-pyrrole nitrogens is 1. The molecule has 0 aliphatic heterocycles. The Hall–Kier alpha value is -1.69. The summed E-state index contributed by atoms with van der Waals surface area (Å²) in [5.41, 5.74) is 0.240. The molecule has 0 aliphatic carbocycles. The van der Waals surface area contributed by atoms with E-state index in [-0.39, 0.29) is 10.4 Å². The quantitative estimate of drug-likeness (QED) is 0.892. The zero-order chi connectivity index (χ0) is 13.4. The van der Waals surface area contributed by atoms with Crippen molar-refractivity contribution in [3.63, 3.8) is 0 Å². The van der Waals surface area contributed by atoms with Crippen molar-refractivity contribution < 1.29 is 9.90 Å². The van der Waals surface area contributed by atoms with Gasteiger partial charge >= 0.3 is 5.97 Å². The minimum Gasteiger partial charge on any atom is -0.477 e. The number of nitrogens with one attached hydrogen (secondary N) is 1. The van der Waals surface area contributed by atoms with Gasteiger partial charge in [0.05, 0.1) is 5.39 Å². The van der Waals surface area contributed by atoms with Crippen molar-refractivity contribution >= 4 is 27.5 Å². The van der Waals surface area contributed by atoms with E-state index < -0.39 is 5.97 Å². The molecule has 0 unspecified atom stereocenters. The summed E-state index contributed by atoms with van der Waals surface area (Å²) < 4.78 is 0. The summed E-state index contributed by atoms with van der Waals surface area (Å²) in [6.07, 6.45) is 0.671. The van der Waals surface area contributed by atoms with Crippen LogP contribution in [0.4, 0.5) is 0 Å². The van der Waals surface area contributed by atoms with Gasteiger partial charge in [0.25, 0.3) is 5.56 Å². The van der Waals surface area contributed by atoms with Crippen molar-refractivity contribution in [3.8, 4) is 0 Å². The lowest BCUT2D eigenvalue weighted by atomic mass is 10.1. The summed E-state index contributed by atoms with van der Waals surface area (Å²) in [5.74, 6) is -0.0217. The van der Waals surface area contributed by atoms with E-state index in [0.29, 0.717) is 33.9 Å². The summed E-state index contributed by atoms with van der Waals surface area (Å²) >= 11 is 1.06. The minimum atomic E-state index is -1.01. The van der Waals surface area contributed by atoms with Crippen LogP contribution < -0.4 is 5.56 Å². The third-order valence-corrected chi connectivity index (χ3v) is 3.82. The van der Waals surface area contributed by atoms with Gasteiger partial charge in [0.2, 0.25) is 0 Å². The number of aromatic nitrogens is 2. The van der Waals surface area contributed by atoms with Gasteiger partial charge in [0.1, 0.15) is 15.5 Å². The summed E-state index contributed by atoms with van der Waals surface area (Å²) in [4.78, 5) is 30.7. The largest absolute Gasteiger partial charge is 0.477 e. The molecule has 5 nitrogen and oxygen atoms in total. The minimum absolute atomic E-state index is 0.185. The van der Waals surface area contributed by atoms with Crippen LogP contribution in [0, 0.1) is 12.8 Å². The molecule has 6 heteroatoms. The molecule has 0 saturated carbocycles. The topological polar surface area (TPSA) is 83.0 Å². The highest BCUT2D eigenvalue weighted by molar-refractivity contribution is 7.20. The predicted octanol–water partition coefficient (Wildman–Crippen LogP) is 2.19. The monoisotopic (exact) mass is 266 g/mol. The number of thiophene rings is 1. The van der Waals surface area contributed by atoms with Gasteiger partial charge in [-0.05, 0) is 18.4 Å². The van der Waals surface area contributed by atoms with Crippen LogP contribution >= 0.6 is 11.3 Å². The van der Waals surface area contributed by atoms with Gasteiger partial charge in [-0.25, -0.2) is 9.78 Å². The van der Waals surface area contributed by atoms with Gasteiger partial charge in [-0.1, -0.05) is 13.8 Å². The SMILES string of the molecule is Cc1c(C(=O)O)sc2nc(CC(C)C)[nH]c(=O)c12. The maximum Gasteiger partial charge on any atom is 0.346 e. The molecule has 0 amide bonds. The maximum absolute atomic E-state index is 12.0. The number of aromatic amines is 1. The lowest BCUT2D eigenvalue weighted by molar-refractivity contribution is 0.0701. The number of fused-ring (bicyclic) bond motifs is 1. The van der Waals surface area contributed by atoms with Crippen molar-refractivity contribution in [1.82, 2.24) is 9.97 Å². The van der Waals surface area contributed by atoms with Crippen LogP contribution in [-0.4, -0.2) is 21.0 Å². The van der Waals surface area contributed by atoms with Crippen molar-refractivity contribution in [1.29, 1.82) is 0 Å². The van der Waals surface area contributed by atoms with Crippen molar-refractivity contribution in [2.24, 2.45) is 5.92 Å². The average Bonchev–Trinajstić information content (AvgIpc) is 2.55. The van der Waals surface area contributed by atoms with Crippen LogP contribution in [0.3, 0.4) is 0 Å². The molecule has 0 spiro atoms. The lowest BCUT2D eigenvalue weighted by Gasteiger charge is -2.03. The molecule has 0 radical (unpaired) electrons. The molecule has 0 bridgehead atoms. The molecule has 0 aromatic carbocycles. The van der Waals surface area contributed by atoms with Crippen molar-refractivity contribution in [2.75, 3.05) is 0 Å². The van der Waals surface area contributed by atoms with E-state index in [2.05, 4.69) is 9.97 Å². The summed E-state index contributed by atoms with van der Waals surface area (Å²) in [6.45, 7) is 5.71. The number of carbonyl (C=O) groups is 1. The fourth-order valence-corrected chi connectivity index (χ4v) is 2.92. The molecule has 2 rings (SSSR count). The summed E-state index contributed by atoms with van der Waals surface area (Å²) in [5, 5.41) is 9.44. The Morgan fingerprint density at radius 2 is 2.17 bits per heavy atom. The predicted molar refractivity (Wildman–Crippen MR) is 70.5 cm³/mol. The van der Waals surface area contributed by atoms with Gasteiger partial charge in [-0.2, -0.15) is 0 Å². The second-order valence-corrected chi connectivity index (χ2v) is 5.65. The van der Waals surface area contributed by atoms with Crippen molar-refractivity contribution in [3.05, 3.63) is 26.6 Å². The molecular formula is C12H14N2O3S. The zero-order valence-corrected chi connectivity index (χ0v) is 11.2. The van der Waals surface area contributed by atoms with Crippen LogP contribution in [0.25, 0.3) is 10.2 Å². The molecule has 0 atom stereocenters. The van der Waals surface area contributed by atoms with E-state index in [1.165, 1.54) is 0 Å². The molecule has 2 aromatic rings. The van der Waals surface area contributed by atoms with Gasteiger partial charge in [0, 0.05) is 6.42 Å². The molecule has 2 aromatic heterocycles. The normalized spacial score (nSPS) is 11.3. The highest BCUT2D eigenvalue weighted by Crippen LogP contribution is 2.26. The molecule has 0 fully saturated rings. The third kappa shape index (κ3) is 2.15. The number of hydrogen-bond donors (Lipinski definition) is 2. The molecule has 96 valence electrons. The Labute approximate surface area is 107 Å². The molecule has 18 heavy (non-hydrogen) atoms. The summed E-state index contributed by atoms with van der Waals surface area (Å²) in [6, 6.07) is 0. The number of rotatable bonds is 3. The maximum atomic E-state index is 12.0. The molecule has 0 saturated heterocycles. The highest BCUT2D eigenvalue weighted by Gasteiger charge is 2.18. The van der Waals surface area contributed by atoms with Crippen LogP contribution in [0.5, 0.6) is 0 Å². The second-order valence-electron chi connectivity index (χ2n) is 4.65. The van der Waals surface area contributed by atoms with E-state index in [1.807, 2.05) is 13.8 Å². The standard InChI is InChI=1S/C12H14N2O3S/c1-5(2)4-7-13-10(15)8-6(3)9(12(16)17)18-11(8)14-7/h5H,4H2,1-3H3,(H,16,17)(H,13,14,15). The first-order valence-electron chi connectivity index (χ1n) is 5.65. The van der Waals surface area contributed by atoms with Gasteiger partial charge in [-0.15, -0.1) is 11.3 Å². The van der Waals surface area contributed by atoms with Gasteiger partial charge < -0.3 is 10.1 Å². The Kier molecular flexibility index (Phi) is 3.21. The number of hydrogen-bond acceptors (Lipinski definition) is 4. The van der Waals surface area contributed by atoms with E-state index in [9.17, 15) is 9.59 Å². The Morgan fingerprint density at radius 3 is 2.72 bits per heavy atom. The molecule has 2 N–H and O–H groups in total. The van der Waals surface area contributed by atoms with E-state index >= 15 is 0 Å². The molecule has 0 aliphatic rings. The first kappa shape index (κ1) is 12.8. The number of nitrogens with zero attached hydrogens (tertiary/aromatic N) is 1. The van der Waals surface area contributed by atoms with E-state index in [1.54, 1.807) is 6.92 Å². The van der Waals surface area contributed by atoms with Crippen LogP contribution in [0.2, 0.25) is 0 Å². The summed E-state index contributed by atoms with van der Waals surface area (Å²) in [7, 11) is 0. The Bertz CT molecular complexity index is 670. The number of carboxylic acids is 1. The van der Waals surface area contributed by atoms with Crippen LogP contribution in [0.15, 0.2) is 4.79 Å². The Balaban J connectivity index is 2.67. The van der Waals surface area contributed by atoms with Crippen LogP contribution in [0.1, 0.15) is 34.9 Å². The van der Waals surface area contributed by atoms with Crippen molar-refractivity contribution in [2.45, 2.75) is 27.2 Å². The molecule has 2 heterocycles. The van der Waals surface area contributed by atoms with Gasteiger partial charge in [-0.3, -0.25) is 4.79 Å². The fraction of sp³-hybridized carbons (Fsp3) is 0.417. The van der Waals surface area contributed by atoms with E-state index in [0.717, 1.165) is 11.3 Å². The number of aryl methyl sites for hydroxylation is 1. The van der Waals surface area contributed by atoms with E-state index in [4.69, 9.17) is 5.11 Å². The Morgan fingerprint density at radius 1 is 1.50 bits per heavy atom. The second kappa shape index (κ2) is 4.53. The first-order valence-corrected chi connectivity index (χ1v) is 6.47. The molecular weight excluding hydrogens is 252 g/mol. The smallest absolute Gasteiger partial charge is 0.346 e. The number of carboxylic acid groups (broad SMARTS) is 1. The number of aromatic carboxylic acids is 1. The third-order valence-electron chi connectivity index (χ3n) is 2.65. The lowest BCUT2D eigenvalue weighted by Crippen LogP contribution is -2.13. The first-order chi connectivity index (χ1) is 8.40. The highest BCUT2D eigenvalue weighted by atomic mass is 32.1. The fourth-order valence-electron chi connectivity index (χ4n) is 1.88. The van der Waals surface area contributed by atoms with Crippen LogP contribution in [-0.2, 0) is 6.42 Å². The zero-order valence-electron chi connectivity index (χ0n) is 10.4. The average molecular weight is 266 g/mol. The van der Waals surface area contributed by atoms with Gasteiger partial charge in [0.15, 0.2) is 0 Å².